The Bertz CT molecular complexity index is 2460. The molecule has 2 aliphatic heterocycles. The maximum Gasteiger partial charge on any atom is 0.258 e. The summed E-state index contributed by atoms with van der Waals surface area (Å²) in [5.41, 5.74) is 1.71. The molecule has 0 saturated carbocycles. The number of nitrogens with zero attached hydrogens (tertiary/aromatic N) is 4. The highest BCUT2D eigenvalue weighted by Crippen LogP contribution is 2.36. The van der Waals surface area contributed by atoms with Crippen LogP contribution >= 0.6 is 0 Å². The van der Waals surface area contributed by atoms with Gasteiger partial charge in [0.2, 0.25) is 17.7 Å². The van der Waals surface area contributed by atoms with E-state index in [1.165, 1.54) is 12.4 Å². The molecule has 91 heavy (non-hydrogen) atoms. The van der Waals surface area contributed by atoms with Crippen molar-refractivity contribution in [1.82, 2.24) is 35.7 Å². The van der Waals surface area contributed by atoms with E-state index >= 15 is 0 Å². The van der Waals surface area contributed by atoms with Gasteiger partial charge in [0.05, 0.1) is 234 Å². The van der Waals surface area contributed by atoms with Crippen LogP contribution in [0.1, 0.15) is 41.2 Å². The number of benzene rings is 1. The fraction of sp³-hybridized carbons (Fsp3) is 0.677. The van der Waals surface area contributed by atoms with E-state index in [1.807, 2.05) is 6.07 Å². The number of fused-ring (bicyclic) bond motifs is 1. The molecule has 3 atom stereocenters. The van der Waals surface area contributed by atoms with Gasteiger partial charge in [-0.2, -0.15) is 0 Å². The number of nitrogens with one attached hydrogen (secondary N) is 4. The first-order chi connectivity index (χ1) is 44.8. The van der Waals surface area contributed by atoms with Crippen molar-refractivity contribution in [3.8, 4) is 5.75 Å². The van der Waals surface area contributed by atoms with E-state index < -0.39 is 11.8 Å². The van der Waals surface area contributed by atoms with E-state index in [0.29, 0.717) is 234 Å². The summed E-state index contributed by atoms with van der Waals surface area (Å²) in [5.74, 6) is -1.35. The topological polar surface area (TPSA) is 325 Å². The molecular formula is C62H96N8O21. The van der Waals surface area contributed by atoms with Gasteiger partial charge >= 0.3 is 0 Å². The van der Waals surface area contributed by atoms with Gasteiger partial charge in [0.15, 0.2) is 6.61 Å². The van der Waals surface area contributed by atoms with Gasteiger partial charge in [0, 0.05) is 63.3 Å². The Morgan fingerprint density at radius 2 is 1.02 bits per heavy atom. The van der Waals surface area contributed by atoms with Gasteiger partial charge in [0.25, 0.3) is 11.8 Å². The van der Waals surface area contributed by atoms with E-state index in [9.17, 15) is 24.0 Å². The molecule has 1 aromatic carbocycles. The number of carbonyl (C=O) groups is 5. The minimum atomic E-state index is -0.474. The Labute approximate surface area is 533 Å². The minimum absolute atomic E-state index is 0.0655. The van der Waals surface area contributed by atoms with Crippen LogP contribution in [-0.4, -0.2) is 300 Å². The standard InChI is InChI=1S/C62H96N8O21/c1-69-58(72)45-55(60(69)50-4-2-9-64-47-50)62(75)67-12-15-77-17-19-79-21-23-81-25-27-83-29-31-85-33-35-87-37-39-89-41-43-90-42-40-88-38-36-86-34-32-84-30-28-82-26-24-80-22-20-78-18-16-76-14-11-66-57(71)49-91-52-6-7-56-54(44-52)53(8-10-65-56)61(74)68-48-59(73)70-13-3-5-51(70)46-63/h2,4,6-10,44,46-47,51,55,60,63H,3,5,11-43,45,48-49H2,1H3,(H,66,71)(H,67,75)(H,68,74)/t51-,55+,60-/m1/s1. The smallest absolute Gasteiger partial charge is 0.258 e. The molecule has 0 bridgehead atoms. The number of ether oxygens (including phenoxy) is 16. The number of carbonyl (C=O) groups excluding carboxylic acids is 5. The number of hydrogen-bond donors (Lipinski definition) is 4. The molecule has 2 aromatic heterocycles. The van der Waals surface area contributed by atoms with Gasteiger partial charge in [-0.15, -0.1) is 0 Å². The van der Waals surface area contributed by atoms with Gasteiger partial charge in [-0.05, 0) is 48.7 Å². The van der Waals surface area contributed by atoms with Crippen molar-refractivity contribution in [2.45, 2.75) is 31.3 Å². The lowest BCUT2D eigenvalue weighted by Gasteiger charge is -2.24. The average Bonchev–Trinajstić information content (AvgIpc) is 1.93. The Morgan fingerprint density at radius 1 is 0.571 bits per heavy atom. The summed E-state index contributed by atoms with van der Waals surface area (Å²) < 4.78 is 88.6. The first-order valence-electron chi connectivity index (χ1n) is 31.2. The first kappa shape index (κ1) is 75.7. The number of aromatic nitrogens is 2. The number of hydrogen-bond acceptors (Lipinski definition) is 24. The lowest BCUT2D eigenvalue weighted by molar-refractivity contribution is -0.130. The Balaban J connectivity index is 0.651. The van der Waals surface area contributed by atoms with Crippen LogP contribution in [0.15, 0.2) is 55.0 Å². The summed E-state index contributed by atoms with van der Waals surface area (Å²) in [7, 11) is 1.71. The second-order valence-corrected chi connectivity index (χ2v) is 20.3. The molecule has 3 aromatic rings. The Morgan fingerprint density at radius 3 is 1.46 bits per heavy atom. The lowest BCUT2D eigenvalue weighted by atomic mass is 9.94. The second-order valence-electron chi connectivity index (χ2n) is 20.3. The first-order valence-corrected chi connectivity index (χ1v) is 31.2. The zero-order valence-corrected chi connectivity index (χ0v) is 52.7. The zero-order valence-electron chi connectivity index (χ0n) is 52.7. The molecule has 0 unspecified atom stereocenters. The number of likely N-dealkylation sites (tertiary alicyclic amines) is 2. The molecule has 2 aliphatic rings. The highest BCUT2D eigenvalue weighted by Gasteiger charge is 2.42. The molecular weight excluding hydrogens is 1190 g/mol. The van der Waals surface area contributed by atoms with Crippen LogP contribution < -0.4 is 20.7 Å². The molecule has 0 aliphatic carbocycles. The third-order valence-electron chi connectivity index (χ3n) is 13.8. The van der Waals surface area contributed by atoms with Gasteiger partial charge in [0.1, 0.15) is 5.75 Å². The fourth-order valence-electron chi connectivity index (χ4n) is 9.17. The molecule has 510 valence electrons. The molecule has 4 heterocycles. The predicted octanol–water partition coefficient (Wildman–Crippen LogP) is 1.08. The zero-order chi connectivity index (χ0) is 64.5. The summed E-state index contributed by atoms with van der Waals surface area (Å²) in [4.78, 5) is 74.9. The third-order valence-corrected chi connectivity index (χ3v) is 13.8. The van der Waals surface area contributed by atoms with Crippen LogP contribution in [-0.2, 0) is 90.2 Å². The monoisotopic (exact) mass is 1290 g/mol. The largest absolute Gasteiger partial charge is 0.484 e. The lowest BCUT2D eigenvalue weighted by Crippen LogP contribution is -2.43. The molecule has 29 heteroatoms. The normalized spacial score (nSPS) is 15.6. The van der Waals surface area contributed by atoms with Crippen molar-refractivity contribution in [3.05, 3.63) is 66.1 Å². The van der Waals surface area contributed by atoms with Crippen LogP contribution in [0.3, 0.4) is 0 Å². The number of amides is 5. The molecule has 29 nitrogen and oxygen atoms in total. The molecule has 0 spiro atoms. The van der Waals surface area contributed by atoms with Crippen molar-refractivity contribution in [2.75, 3.05) is 238 Å². The summed E-state index contributed by atoms with van der Waals surface area (Å²) >= 11 is 0. The van der Waals surface area contributed by atoms with Crippen molar-refractivity contribution in [2.24, 2.45) is 5.92 Å². The summed E-state index contributed by atoms with van der Waals surface area (Å²) in [6.07, 6.45) is 7.86. The molecule has 2 fully saturated rings. The molecule has 4 N–H and O–H groups in total. The van der Waals surface area contributed by atoms with Crippen molar-refractivity contribution in [3.63, 3.8) is 0 Å². The van der Waals surface area contributed by atoms with E-state index in [-0.39, 0.29) is 61.8 Å². The maximum atomic E-state index is 13.1. The van der Waals surface area contributed by atoms with Crippen LogP contribution in [0.4, 0.5) is 0 Å². The SMILES string of the molecule is CN1C(=O)C[C@H](C(=O)NCCOCCOCCOCCOCCOCCOCCOCCOCCOCCOCCOCCOCCOCCOCCOCCNC(=O)COc2ccc3nccc(C(=O)NCC(=O)N4CCC[C@@H]4C=N)c3c2)[C@H]1c1cccnc1. The van der Waals surface area contributed by atoms with Crippen molar-refractivity contribution >= 4 is 46.7 Å². The van der Waals surface area contributed by atoms with E-state index in [4.69, 9.17) is 81.2 Å². The third kappa shape index (κ3) is 32.9. The van der Waals surface area contributed by atoms with Crippen molar-refractivity contribution < 1.29 is 99.8 Å². The van der Waals surface area contributed by atoms with E-state index in [1.54, 1.807) is 59.6 Å². The second kappa shape index (κ2) is 49.6. The number of rotatable bonds is 57. The van der Waals surface area contributed by atoms with Gasteiger partial charge < -0.3 is 107 Å². The summed E-state index contributed by atoms with van der Waals surface area (Å²) in [6.45, 7) is 13.7. The molecule has 5 rings (SSSR count). The van der Waals surface area contributed by atoms with Gasteiger partial charge in [-0.1, -0.05) is 6.07 Å². The van der Waals surface area contributed by atoms with E-state index in [0.717, 1.165) is 18.4 Å². The van der Waals surface area contributed by atoms with Crippen LogP contribution in [0, 0.1) is 11.3 Å². The molecule has 5 amide bonds. The Hall–Kier alpha value is -6.00. The quantitative estimate of drug-likeness (QED) is 0.0454. The number of pyridine rings is 2. The highest BCUT2D eigenvalue weighted by molar-refractivity contribution is 6.07. The average molecular weight is 1290 g/mol. The van der Waals surface area contributed by atoms with Gasteiger partial charge in [-0.25, -0.2) is 0 Å². The van der Waals surface area contributed by atoms with Crippen LogP contribution in [0.2, 0.25) is 0 Å². The van der Waals surface area contributed by atoms with Crippen LogP contribution in [0.25, 0.3) is 10.9 Å². The van der Waals surface area contributed by atoms with E-state index in [2.05, 4.69) is 25.9 Å². The molecule has 2 saturated heterocycles. The summed E-state index contributed by atoms with van der Waals surface area (Å²) in [6, 6.07) is 9.67. The molecule has 0 radical (unpaired) electrons. The summed E-state index contributed by atoms with van der Waals surface area (Å²) in [5, 5.41) is 16.4. The maximum absolute atomic E-state index is 13.1. The highest BCUT2D eigenvalue weighted by atomic mass is 16.6. The predicted molar refractivity (Wildman–Crippen MR) is 329 cm³/mol. The van der Waals surface area contributed by atoms with Gasteiger partial charge in [-0.3, -0.25) is 33.9 Å². The van der Waals surface area contributed by atoms with Crippen molar-refractivity contribution in [1.29, 1.82) is 5.41 Å². The fourth-order valence-corrected chi connectivity index (χ4v) is 9.17. The minimum Gasteiger partial charge on any atom is -0.484 e. The van der Waals surface area contributed by atoms with Crippen LogP contribution in [0.5, 0.6) is 5.75 Å². The Kier molecular flexibility index (Phi) is 41.3.